The average Bonchev–Trinajstić information content (AvgIpc) is 2.43. The zero-order chi connectivity index (χ0) is 14.0. The quantitative estimate of drug-likeness (QED) is 0.861. The van der Waals surface area contributed by atoms with Gasteiger partial charge >= 0.3 is 0 Å². The second-order valence-corrected chi connectivity index (χ2v) is 5.71. The largest absolute Gasteiger partial charge is 0.340 e. The summed E-state index contributed by atoms with van der Waals surface area (Å²) in [5, 5.41) is 2.79. The second kappa shape index (κ2) is 5.25. The van der Waals surface area contributed by atoms with Gasteiger partial charge in [0, 0.05) is 10.6 Å². The number of hydrogen-bond donors (Lipinski definition) is 1. The number of nitrogens with zero attached hydrogens (tertiary/aromatic N) is 1. The van der Waals surface area contributed by atoms with E-state index in [0.29, 0.717) is 6.42 Å². The molecule has 1 unspecified atom stereocenters. The molecular formula is C14H18N2O2S. The molecular weight excluding hydrogens is 260 g/mol. The first-order chi connectivity index (χ1) is 9.00. The number of hydrogen-bond acceptors (Lipinski definition) is 3. The third-order valence-corrected chi connectivity index (χ3v) is 4.23. The summed E-state index contributed by atoms with van der Waals surface area (Å²) in [5.41, 5.74) is -0.0172. The number of nitrogens with one attached hydrogen (secondary N) is 1. The molecule has 1 saturated heterocycles. The van der Waals surface area contributed by atoms with Crippen molar-refractivity contribution < 1.29 is 9.59 Å². The first kappa shape index (κ1) is 13.9. The Morgan fingerprint density at radius 2 is 2.16 bits per heavy atom. The van der Waals surface area contributed by atoms with E-state index in [0.717, 1.165) is 10.6 Å². The number of carbonyl (C=O) groups excluding carboxylic acids is 2. The van der Waals surface area contributed by atoms with Crippen LogP contribution in [-0.4, -0.2) is 30.2 Å². The molecule has 5 heteroatoms. The Labute approximate surface area is 117 Å². The molecule has 1 atom stereocenters. The van der Waals surface area contributed by atoms with Crippen LogP contribution in [0.4, 0.5) is 5.69 Å². The van der Waals surface area contributed by atoms with Gasteiger partial charge in [-0.1, -0.05) is 13.0 Å². The van der Waals surface area contributed by atoms with Gasteiger partial charge in [0.05, 0.1) is 0 Å². The van der Waals surface area contributed by atoms with Crippen molar-refractivity contribution in [2.75, 3.05) is 17.7 Å². The lowest BCUT2D eigenvalue weighted by molar-refractivity contribution is -0.135. The molecule has 1 aliphatic heterocycles. The highest BCUT2D eigenvalue weighted by atomic mass is 32.2. The minimum atomic E-state index is -0.801. The van der Waals surface area contributed by atoms with Crippen LogP contribution in [0.2, 0.25) is 0 Å². The van der Waals surface area contributed by atoms with Crippen LogP contribution < -0.4 is 10.2 Å². The Balaban J connectivity index is 2.37. The Morgan fingerprint density at radius 3 is 2.79 bits per heavy atom. The van der Waals surface area contributed by atoms with Crippen LogP contribution in [0.3, 0.4) is 0 Å². The van der Waals surface area contributed by atoms with Gasteiger partial charge in [0.25, 0.3) is 5.91 Å². The van der Waals surface area contributed by atoms with Gasteiger partial charge < -0.3 is 10.2 Å². The number of anilines is 1. The number of thioether (sulfide) groups is 1. The molecule has 1 aromatic rings. The van der Waals surface area contributed by atoms with Gasteiger partial charge in [-0.25, -0.2) is 0 Å². The Morgan fingerprint density at radius 1 is 1.42 bits per heavy atom. The standard InChI is InChI=1S/C14H18N2O2S/c1-4-14(2)13(18)16(9-12(17)15-14)10-6-5-7-11(8-10)19-3/h5-8H,4,9H2,1-3H3,(H,15,17). The van der Waals surface area contributed by atoms with Crippen LogP contribution >= 0.6 is 11.8 Å². The maximum absolute atomic E-state index is 12.5. The summed E-state index contributed by atoms with van der Waals surface area (Å²) >= 11 is 1.62. The number of carbonyl (C=O) groups is 2. The minimum Gasteiger partial charge on any atom is -0.340 e. The molecule has 1 aliphatic rings. The molecule has 1 heterocycles. The van der Waals surface area contributed by atoms with Crippen LogP contribution in [0.25, 0.3) is 0 Å². The van der Waals surface area contributed by atoms with Gasteiger partial charge in [0.1, 0.15) is 12.1 Å². The average molecular weight is 278 g/mol. The lowest BCUT2D eigenvalue weighted by Gasteiger charge is -2.39. The van der Waals surface area contributed by atoms with Gasteiger partial charge in [0.2, 0.25) is 5.91 Å². The monoisotopic (exact) mass is 278 g/mol. The number of rotatable bonds is 3. The normalized spacial score (nSPS) is 23.4. The fourth-order valence-electron chi connectivity index (χ4n) is 2.14. The smallest absolute Gasteiger partial charge is 0.252 e. The molecule has 1 N–H and O–H groups in total. The highest BCUT2D eigenvalue weighted by molar-refractivity contribution is 7.98. The van der Waals surface area contributed by atoms with Crippen LogP contribution in [0.5, 0.6) is 0 Å². The van der Waals surface area contributed by atoms with Gasteiger partial charge in [-0.15, -0.1) is 11.8 Å². The predicted molar refractivity (Wildman–Crippen MR) is 77.4 cm³/mol. The summed E-state index contributed by atoms with van der Waals surface area (Å²) in [4.78, 5) is 27.0. The molecule has 102 valence electrons. The van der Waals surface area contributed by atoms with Gasteiger partial charge in [-0.3, -0.25) is 9.59 Å². The van der Waals surface area contributed by atoms with Gasteiger partial charge in [-0.05, 0) is 37.8 Å². The fourth-order valence-corrected chi connectivity index (χ4v) is 2.59. The van der Waals surface area contributed by atoms with Crippen molar-refractivity contribution in [3.05, 3.63) is 24.3 Å². The van der Waals surface area contributed by atoms with E-state index in [1.54, 1.807) is 23.6 Å². The summed E-state index contributed by atoms with van der Waals surface area (Å²) in [5.74, 6) is -0.161. The van der Waals surface area contributed by atoms with Crippen LogP contribution in [0.15, 0.2) is 29.2 Å². The fraction of sp³-hybridized carbons (Fsp3) is 0.429. The van der Waals surface area contributed by atoms with E-state index in [1.807, 2.05) is 37.4 Å². The highest BCUT2D eigenvalue weighted by Crippen LogP contribution is 2.27. The first-order valence-corrected chi connectivity index (χ1v) is 7.49. The Bertz CT molecular complexity index is 518. The van der Waals surface area contributed by atoms with E-state index >= 15 is 0 Å². The lowest BCUT2D eigenvalue weighted by atomic mass is 9.94. The van der Waals surface area contributed by atoms with E-state index in [1.165, 1.54) is 0 Å². The van der Waals surface area contributed by atoms with Crippen molar-refractivity contribution in [1.82, 2.24) is 5.32 Å². The molecule has 2 amide bonds. The van der Waals surface area contributed by atoms with Crippen LogP contribution in [-0.2, 0) is 9.59 Å². The van der Waals surface area contributed by atoms with Crippen molar-refractivity contribution in [2.24, 2.45) is 0 Å². The molecule has 0 aliphatic carbocycles. The predicted octanol–water partition coefficient (Wildman–Crippen LogP) is 2.04. The van der Waals surface area contributed by atoms with Gasteiger partial charge in [-0.2, -0.15) is 0 Å². The molecule has 0 bridgehead atoms. The minimum absolute atomic E-state index is 0.0483. The Kier molecular flexibility index (Phi) is 3.85. The number of amides is 2. The van der Waals surface area contributed by atoms with E-state index in [4.69, 9.17) is 0 Å². The van der Waals surface area contributed by atoms with Crippen molar-refractivity contribution in [2.45, 2.75) is 30.7 Å². The van der Waals surface area contributed by atoms with E-state index in [9.17, 15) is 9.59 Å². The van der Waals surface area contributed by atoms with Crippen molar-refractivity contribution >= 4 is 29.3 Å². The maximum Gasteiger partial charge on any atom is 0.252 e. The van der Waals surface area contributed by atoms with Gasteiger partial charge in [0.15, 0.2) is 0 Å². The summed E-state index contributed by atoms with van der Waals surface area (Å²) in [7, 11) is 0. The Hall–Kier alpha value is -1.49. The van der Waals surface area contributed by atoms with E-state index in [-0.39, 0.29) is 18.4 Å². The third kappa shape index (κ3) is 2.61. The van der Waals surface area contributed by atoms with Crippen molar-refractivity contribution in [3.63, 3.8) is 0 Å². The third-order valence-electron chi connectivity index (χ3n) is 3.51. The zero-order valence-electron chi connectivity index (χ0n) is 11.4. The summed E-state index contributed by atoms with van der Waals surface area (Å²) in [6, 6.07) is 7.70. The zero-order valence-corrected chi connectivity index (χ0v) is 12.2. The molecule has 4 nitrogen and oxygen atoms in total. The topological polar surface area (TPSA) is 49.4 Å². The van der Waals surface area contributed by atoms with Crippen LogP contribution in [0, 0.1) is 0 Å². The molecule has 1 fully saturated rings. The second-order valence-electron chi connectivity index (χ2n) is 4.83. The van der Waals surface area contributed by atoms with E-state index < -0.39 is 5.54 Å². The summed E-state index contributed by atoms with van der Waals surface area (Å²) in [6.07, 6.45) is 2.57. The molecule has 0 radical (unpaired) electrons. The number of piperazine rings is 1. The first-order valence-electron chi connectivity index (χ1n) is 6.27. The number of benzene rings is 1. The highest BCUT2D eigenvalue weighted by Gasteiger charge is 2.42. The SMILES string of the molecule is CCC1(C)NC(=O)CN(c2cccc(SC)c2)C1=O. The van der Waals surface area contributed by atoms with E-state index in [2.05, 4.69) is 5.32 Å². The summed E-state index contributed by atoms with van der Waals surface area (Å²) in [6.45, 7) is 3.77. The molecule has 0 aromatic heterocycles. The maximum atomic E-state index is 12.5. The molecule has 2 rings (SSSR count). The molecule has 1 aromatic carbocycles. The van der Waals surface area contributed by atoms with Crippen molar-refractivity contribution in [1.29, 1.82) is 0 Å². The molecule has 19 heavy (non-hydrogen) atoms. The van der Waals surface area contributed by atoms with Crippen molar-refractivity contribution in [3.8, 4) is 0 Å². The molecule has 0 spiro atoms. The summed E-state index contributed by atoms with van der Waals surface area (Å²) < 4.78 is 0. The molecule has 0 saturated carbocycles. The lowest BCUT2D eigenvalue weighted by Crippen LogP contribution is -2.65. The van der Waals surface area contributed by atoms with Crippen LogP contribution in [0.1, 0.15) is 20.3 Å².